The standard InChI is InChI=1S/C21H27N3O3S/c1-13-19(20(25)23-15-8-10-24(11-9-15)16-5-6-16)28-21(22-13)14-4-7-17(26-2)18(12-14)27-3/h4,7,12,15-16H,5-6,8-11H2,1-3H3,(H,23,25). The summed E-state index contributed by atoms with van der Waals surface area (Å²) >= 11 is 1.43. The van der Waals surface area contributed by atoms with E-state index in [1.807, 2.05) is 25.1 Å². The predicted molar refractivity (Wildman–Crippen MR) is 110 cm³/mol. The Bertz CT molecular complexity index is 855. The first-order valence-corrected chi connectivity index (χ1v) is 10.7. The van der Waals surface area contributed by atoms with Gasteiger partial charge in [-0.3, -0.25) is 4.79 Å². The average Bonchev–Trinajstić information content (AvgIpc) is 3.49. The third-order valence-electron chi connectivity index (χ3n) is 5.56. The van der Waals surface area contributed by atoms with Crippen molar-refractivity contribution in [2.75, 3.05) is 27.3 Å². The van der Waals surface area contributed by atoms with E-state index in [2.05, 4.69) is 15.2 Å². The summed E-state index contributed by atoms with van der Waals surface area (Å²) in [5, 5.41) is 4.03. The maximum absolute atomic E-state index is 12.8. The summed E-state index contributed by atoms with van der Waals surface area (Å²) in [5.41, 5.74) is 1.69. The maximum Gasteiger partial charge on any atom is 0.263 e. The molecule has 1 aliphatic heterocycles. The molecular weight excluding hydrogens is 374 g/mol. The van der Waals surface area contributed by atoms with Crippen LogP contribution in [0.5, 0.6) is 11.5 Å². The van der Waals surface area contributed by atoms with Crippen LogP contribution in [-0.2, 0) is 0 Å². The normalized spacial score (nSPS) is 18.1. The zero-order chi connectivity index (χ0) is 19.7. The first-order valence-electron chi connectivity index (χ1n) is 9.83. The number of nitrogens with one attached hydrogen (secondary N) is 1. The number of aromatic nitrogens is 1. The molecule has 1 aromatic carbocycles. The van der Waals surface area contributed by atoms with Gasteiger partial charge in [0.15, 0.2) is 11.5 Å². The number of ether oxygens (including phenoxy) is 2. The van der Waals surface area contributed by atoms with E-state index < -0.39 is 0 Å². The molecule has 1 aromatic heterocycles. The van der Waals surface area contributed by atoms with E-state index in [0.717, 1.165) is 48.2 Å². The number of benzene rings is 1. The lowest BCUT2D eigenvalue weighted by molar-refractivity contribution is 0.0912. The van der Waals surface area contributed by atoms with Gasteiger partial charge in [0.2, 0.25) is 0 Å². The van der Waals surface area contributed by atoms with Crippen molar-refractivity contribution >= 4 is 17.2 Å². The molecule has 2 aliphatic rings. The highest BCUT2D eigenvalue weighted by atomic mass is 32.1. The fourth-order valence-electron chi connectivity index (χ4n) is 3.80. The highest BCUT2D eigenvalue weighted by Crippen LogP contribution is 2.35. The van der Waals surface area contributed by atoms with Gasteiger partial charge in [-0.05, 0) is 50.8 Å². The van der Waals surface area contributed by atoms with E-state index in [4.69, 9.17) is 9.47 Å². The molecule has 2 aromatic rings. The van der Waals surface area contributed by atoms with Gasteiger partial charge in [-0.25, -0.2) is 4.98 Å². The van der Waals surface area contributed by atoms with Crippen molar-refractivity contribution < 1.29 is 14.3 Å². The van der Waals surface area contributed by atoms with Crippen molar-refractivity contribution in [2.24, 2.45) is 0 Å². The second-order valence-corrected chi connectivity index (χ2v) is 8.52. The van der Waals surface area contributed by atoms with Gasteiger partial charge in [0.1, 0.15) is 9.88 Å². The van der Waals surface area contributed by atoms with Gasteiger partial charge in [-0.2, -0.15) is 0 Å². The fraction of sp³-hybridized carbons (Fsp3) is 0.524. The van der Waals surface area contributed by atoms with Crippen LogP contribution in [-0.4, -0.2) is 55.2 Å². The van der Waals surface area contributed by atoms with Gasteiger partial charge in [-0.1, -0.05) is 0 Å². The monoisotopic (exact) mass is 401 g/mol. The summed E-state index contributed by atoms with van der Waals surface area (Å²) in [6.45, 7) is 4.08. The third-order valence-corrected chi connectivity index (χ3v) is 6.77. The van der Waals surface area contributed by atoms with E-state index in [0.29, 0.717) is 16.4 Å². The van der Waals surface area contributed by atoms with Crippen LogP contribution in [0.15, 0.2) is 18.2 Å². The summed E-state index contributed by atoms with van der Waals surface area (Å²) in [6, 6.07) is 6.76. The highest BCUT2D eigenvalue weighted by Gasteiger charge is 2.32. The number of carbonyl (C=O) groups is 1. The quantitative estimate of drug-likeness (QED) is 0.803. The zero-order valence-corrected chi connectivity index (χ0v) is 17.5. The van der Waals surface area contributed by atoms with E-state index in [1.54, 1.807) is 14.2 Å². The number of carbonyl (C=O) groups excluding carboxylic acids is 1. The Morgan fingerprint density at radius 2 is 1.86 bits per heavy atom. The van der Waals surface area contributed by atoms with Crippen molar-refractivity contribution in [1.29, 1.82) is 0 Å². The Labute approximate surface area is 169 Å². The summed E-state index contributed by atoms with van der Waals surface area (Å²) in [6.07, 6.45) is 4.75. The van der Waals surface area contributed by atoms with Crippen LogP contribution in [0.1, 0.15) is 41.0 Å². The number of thiazole rings is 1. The number of amides is 1. The zero-order valence-electron chi connectivity index (χ0n) is 16.7. The second-order valence-electron chi connectivity index (χ2n) is 7.52. The van der Waals surface area contributed by atoms with Gasteiger partial charge < -0.3 is 19.7 Å². The van der Waals surface area contributed by atoms with E-state index in [-0.39, 0.29) is 11.9 Å². The van der Waals surface area contributed by atoms with E-state index >= 15 is 0 Å². The molecule has 6 nitrogen and oxygen atoms in total. The number of piperidine rings is 1. The average molecular weight is 402 g/mol. The molecule has 1 saturated carbocycles. The lowest BCUT2D eigenvalue weighted by Crippen LogP contribution is -2.45. The molecule has 1 N–H and O–H groups in total. The first kappa shape index (κ1) is 19.2. The SMILES string of the molecule is COc1ccc(-c2nc(C)c(C(=O)NC3CCN(C4CC4)CC3)s2)cc1OC. The van der Waals surface area contributed by atoms with Crippen molar-refractivity contribution in [3.05, 3.63) is 28.8 Å². The molecule has 1 amide bonds. The fourth-order valence-corrected chi connectivity index (χ4v) is 4.77. The largest absolute Gasteiger partial charge is 0.493 e. The molecule has 1 aliphatic carbocycles. The lowest BCUT2D eigenvalue weighted by atomic mass is 10.0. The summed E-state index contributed by atoms with van der Waals surface area (Å²) in [4.78, 5) is 20.7. The van der Waals surface area contributed by atoms with Crippen molar-refractivity contribution in [1.82, 2.24) is 15.2 Å². The topological polar surface area (TPSA) is 63.7 Å². The van der Waals surface area contributed by atoms with Gasteiger partial charge in [0.05, 0.1) is 19.9 Å². The molecule has 28 heavy (non-hydrogen) atoms. The van der Waals surface area contributed by atoms with Crippen molar-refractivity contribution in [3.8, 4) is 22.1 Å². The molecule has 7 heteroatoms. The number of rotatable bonds is 6. The molecule has 0 bridgehead atoms. The van der Waals surface area contributed by atoms with Crippen LogP contribution in [0.25, 0.3) is 10.6 Å². The van der Waals surface area contributed by atoms with Crippen molar-refractivity contribution in [3.63, 3.8) is 0 Å². The Kier molecular flexibility index (Phi) is 5.55. The number of hydrogen-bond donors (Lipinski definition) is 1. The molecule has 1 saturated heterocycles. The smallest absolute Gasteiger partial charge is 0.263 e. The Balaban J connectivity index is 1.44. The van der Waals surface area contributed by atoms with Gasteiger partial charge in [0, 0.05) is 30.7 Å². The van der Waals surface area contributed by atoms with E-state index in [9.17, 15) is 4.79 Å². The summed E-state index contributed by atoms with van der Waals surface area (Å²) < 4.78 is 10.7. The van der Waals surface area contributed by atoms with Crippen LogP contribution in [0.3, 0.4) is 0 Å². The number of aryl methyl sites for hydroxylation is 1. The molecule has 2 fully saturated rings. The van der Waals surface area contributed by atoms with Crippen molar-refractivity contribution in [2.45, 2.75) is 44.7 Å². The van der Waals surface area contributed by atoms with Gasteiger partial charge in [0.25, 0.3) is 5.91 Å². The van der Waals surface area contributed by atoms with Crippen LogP contribution in [0.2, 0.25) is 0 Å². The molecule has 0 unspecified atom stereocenters. The molecular formula is C21H27N3O3S. The summed E-state index contributed by atoms with van der Waals surface area (Å²) in [7, 11) is 3.23. The number of likely N-dealkylation sites (tertiary alicyclic amines) is 1. The second kappa shape index (κ2) is 8.09. The minimum atomic E-state index is -0.00778. The summed E-state index contributed by atoms with van der Waals surface area (Å²) in [5.74, 6) is 1.32. The maximum atomic E-state index is 12.8. The number of methoxy groups -OCH3 is 2. The Hall–Kier alpha value is -2.12. The molecule has 0 spiro atoms. The molecule has 150 valence electrons. The van der Waals surface area contributed by atoms with Gasteiger partial charge in [-0.15, -0.1) is 11.3 Å². The molecule has 0 atom stereocenters. The van der Waals surface area contributed by atoms with E-state index in [1.165, 1.54) is 24.2 Å². The predicted octanol–water partition coefficient (Wildman–Crippen LogP) is 3.49. The molecule has 4 rings (SSSR count). The van der Waals surface area contributed by atoms with Crippen LogP contribution in [0, 0.1) is 6.92 Å². The first-order chi connectivity index (χ1) is 13.6. The minimum Gasteiger partial charge on any atom is -0.493 e. The Morgan fingerprint density at radius 3 is 2.50 bits per heavy atom. The van der Waals surface area contributed by atoms with Crippen LogP contribution in [0.4, 0.5) is 0 Å². The number of hydrogen-bond acceptors (Lipinski definition) is 6. The highest BCUT2D eigenvalue weighted by molar-refractivity contribution is 7.17. The van der Waals surface area contributed by atoms with Gasteiger partial charge >= 0.3 is 0 Å². The Morgan fingerprint density at radius 1 is 1.14 bits per heavy atom. The molecule has 0 radical (unpaired) electrons. The third kappa shape index (κ3) is 4.00. The van der Waals surface area contributed by atoms with Crippen LogP contribution >= 0.6 is 11.3 Å². The molecule has 2 heterocycles. The lowest BCUT2D eigenvalue weighted by Gasteiger charge is -2.32. The van der Waals surface area contributed by atoms with Crippen LogP contribution < -0.4 is 14.8 Å². The number of nitrogens with zero attached hydrogens (tertiary/aromatic N) is 2. The minimum absolute atomic E-state index is 0.00778.